The van der Waals surface area contributed by atoms with Gasteiger partial charge < -0.3 is 14.8 Å². The van der Waals surface area contributed by atoms with E-state index in [2.05, 4.69) is 39.1 Å². The first-order chi connectivity index (χ1) is 17.2. The van der Waals surface area contributed by atoms with Gasteiger partial charge in [-0.25, -0.2) is 14.8 Å². The molecule has 2 atom stereocenters. The maximum atomic E-state index is 12.5. The molecule has 3 heterocycles. The Labute approximate surface area is 210 Å². The molecule has 2 aromatic heterocycles. The molecular formula is C26H32N6O4. The number of aromatic nitrogens is 4. The smallest absolute Gasteiger partial charge is 0.338 e. The van der Waals surface area contributed by atoms with Crippen molar-refractivity contribution in [2.75, 3.05) is 25.0 Å². The SMILES string of the molecule is Cc1cc(C)nc(-n2nc(C)cc2NC(=O)COC(=O)c2ccc(CN3CC(C)OC(C)C3)cc2)n1. The third-order valence-corrected chi connectivity index (χ3v) is 5.68. The van der Waals surface area contributed by atoms with E-state index in [0.717, 1.165) is 36.6 Å². The number of carbonyl (C=O) groups is 2. The fourth-order valence-electron chi connectivity index (χ4n) is 4.35. The van der Waals surface area contributed by atoms with Gasteiger partial charge in [0.2, 0.25) is 0 Å². The molecule has 0 spiro atoms. The lowest BCUT2D eigenvalue weighted by molar-refractivity contribution is -0.119. The van der Waals surface area contributed by atoms with Crippen LogP contribution in [0.5, 0.6) is 0 Å². The number of nitrogens with one attached hydrogen (secondary N) is 1. The first-order valence-electron chi connectivity index (χ1n) is 12.0. The molecule has 1 amide bonds. The molecule has 190 valence electrons. The summed E-state index contributed by atoms with van der Waals surface area (Å²) in [5, 5.41) is 7.10. The third kappa shape index (κ3) is 6.52. The van der Waals surface area contributed by atoms with Crippen LogP contribution in [0.4, 0.5) is 5.82 Å². The molecular weight excluding hydrogens is 460 g/mol. The van der Waals surface area contributed by atoms with Crippen molar-refractivity contribution in [3.8, 4) is 5.95 Å². The lowest BCUT2D eigenvalue weighted by Gasteiger charge is -2.35. The van der Waals surface area contributed by atoms with E-state index in [1.54, 1.807) is 25.1 Å². The minimum Gasteiger partial charge on any atom is -0.452 e. The van der Waals surface area contributed by atoms with E-state index >= 15 is 0 Å². The van der Waals surface area contributed by atoms with Crippen molar-refractivity contribution in [2.45, 2.75) is 53.4 Å². The number of amides is 1. The Bertz CT molecular complexity index is 1210. The molecule has 10 heteroatoms. The summed E-state index contributed by atoms with van der Waals surface area (Å²) < 4.78 is 12.5. The number of aryl methyl sites for hydroxylation is 3. The maximum absolute atomic E-state index is 12.5. The zero-order valence-electron chi connectivity index (χ0n) is 21.3. The van der Waals surface area contributed by atoms with Gasteiger partial charge in [-0.2, -0.15) is 9.78 Å². The standard InChI is InChI=1S/C26H32N6O4/c1-16-10-17(2)28-26(27-16)32-23(11-18(3)30-32)29-24(33)15-35-25(34)22-8-6-21(7-9-22)14-31-12-19(4)36-20(5)13-31/h6-11,19-20H,12-15H2,1-5H3,(H,29,33). The van der Waals surface area contributed by atoms with Crippen molar-refractivity contribution < 1.29 is 19.1 Å². The Balaban J connectivity index is 1.32. The highest BCUT2D eigenvalue weighted by Gasteiger charge is 2.22. The van der Waals surface area contributed by atoms with Gasteiger partial charge in [0.15, 0.2) is 6.61 Å². The van der Waals surface area contributed by atoms with Crippen LogP contribution in [0, 0.1) is 20.8 Å². The summed E-state index contributed by atoms with van der Waals surface area (Å²) in [4.78, 5) is 36.1. The van der Waals surface area contributed by atoms with Gasteiger partial charge in [0.05, 0.1) is 23.5 Å². The van der Waals surface area contributed by atoms with Gasteiger partial charge in [0, 0.05) is 37.1 Å². The lowest BCUT2D eigenvalue weighted by atomic mass is 10.1. The van der Waals surface area contributed by atoms with Crippen molar-refractivity contribution in [2.24, 2.45) is 0 Å². The second-order valence-electron chi connectivity index (χ2n) is 9.31. The number of morpholine rings is 1. The quantitative estimate of drug-likeness (QED) is 0.501. The molecule has 1 fully saturated rings. The maximum Gasteiger partial charge on any atom is 0.338 e. The summed E-state index contributed by atoms with van der Waals surface area (Å²) in [6.07, 6.45) is 0.398. The number of esters is 1. The monoisotopic (exact) mass is 492 g/mol. The molecule has 4 rings (SSSR count). The van der Waals surface area contributed by atoms with E-state index in [9.17, 15) is 9.59 Å². The highest BCUT2D eigenvalue weighted by Crippen LogP contribution is 2.17. The fraction of sp³-hybridized carbons (Fsp3) is 0.423. The van der Waals surface area contributed by atoms with Crippen LogP contribution in [0.1, 0.15) is 46.9 Å². The predicted octanol–water partition coefficient (Wildman–Crippen LogP) is 2.99. The Kier molecular flexibility index (Phi) is 7.76. The number of anilines is 1. The van der Waals surface area contributed by atoms with Crippen LogP contribution in [0.15, 0.2) is 36.4 Å². The topological polar surface area (TPSA) is 111 Å². The van der Waals surface area contributed by atoms with Crippen molar-refractivity contribution in [1.29, 1.82) is 0 Å². The molecule has 1 N–H and O–H groups in total. The van der Waals surface area contributed by atoms with E-state index in [-0.39, 0.29) is 12.2 Å². The largest absolute Gasteiger partial charge is 0.452 e. The van der Waals surface area contributed by atoms with Crippen molar-refractivity contribution in [3.63, 3.8) is 0 Å². The number of ether oxygens (including phenoxy) is 2. The molecule has 1 saturated heterocycles. The van der Waals surface area contributed by atoms with Gasteiger partial charge in [-0.1, -0.05) is 12.1 Å². The number of benzene rings is 1. The van der Waals surface area contributed by atoms with Gasteiger partial charge in [-0.15, -0.1) is 0 Å². The van der Waals surface area contributed by atoms with Gasteiger partial charge >= 0.3 is 5.97 Å². The predicted molar refractivity (Wildman–Crippen MR) is 134 cm³/mol. The minimum absolute atomic E-state index is 0.199. The van der Waals surface area contributed by atoms with Crippen molar-refractivity contribution in [1.82, 2.24) is 24.6 Å². The molecule has 0 radical (unpaired) electrons. The first-order valence-corrected chi connectivity index (χ1v) is 12.0. The number of nitrogens with zero attached hydrogens (tertiary/aromatic N) is 5. The normalized spacial score (nSPS) is 18.1. The van der Waals surface area contributed by atoms with Crippen LogP contribution in [0.3, 0.4) is 0 Å². The van der Waals surface area contributed by atoms with E-state index in [4.69, 9.17) is 9.47 Å². The lowest BCUT2D eigenvalue weighted by Crippen LogP contribution is -2.44. The van der Waals surface area contributed by atoms with E-state index in [0.29, 0.717) is 23.0 Å². The molecule has 3 aromatic rings. The summed E-state index contributed by atoms with van der Waals surface area (Å²) in [6, 6.07) is 10.8. The number of rotatable bonds is 7. The Morgan fingerprint density at radius 2 is 1.64 bits per heavy atom. The first kappa shape index (κ1) is 25.5. The fourth-order valence-corrected chi connectivity index (χ4v) is 4.35. The zero-order valence-corrected chi connectivity index (χ0v) is 21.3. The molecule has 1 aromatic carbocycles. The summed E-state index contributed by atoms with van der Waals surface area (Å²) >= 11 is 0. The van der Waals surface area contributed by atoms with Gasteiger partial charge in [-0.05, 0) is 58.4 Å². The van der Waals surface area contributed by atoms with Crippen LogP contribution in [-0.2, 0) is 20.8 Å². The van der Waals surface area contributed by atoms with Crippen LogP contribution in [-0.4, -0.2) is 68.4 Å². The van der Waals surface area contributed by atoms with Crippen molar-refractivity contribution in [3.05, 3.63) is 64.6 Å². The second kappa shape index (κ2) is 11.0. The summed E-state index contributed by atoms with van der Waals surface area (Å²) in [7, 11) is 0. The number of hydrogen-bond donors (Lipinski definition) is 1. The molecule has 0 bridgehead atoms. The Morgan fingerprint density at radius 3 is 2.28 bits per heavy atom. The average molecular weight is 493 g/mol. The van der Waals surface area contributed by atoms with Gasteiger partial charge in [0.25, 0.3) is 11.9 Å². The number of hydrogen-bond acceptors (Lipinski definition) is 8. The molecule has 1 aliphatic rings. The summed E-state index contributed by atoms with van der Waals surface area (Å²) in [5.41, 5.74) is 3.75. The third-order valence-electron chi connectivity index (χ3n) is 5.68. The average Bonchev–Trinajstić information content (AvgIpc) is 3.16. The van der Waals surface area contributed by atoms with E-state index < -0.39 is 18.5 Å². The van der Waals surface area contributed by atoms with Crippen molar-refractivity contribution >= 4 is 17.7 Å². The van der Waals surface area contributed by atoms with Crippen LogP contribution in [0.2, 0.25) is 0 Å². The van der Waals surface area contributed by atoms with Gasteiger partial charge in [-0.3, -0.25) is 9.69 Å². The van der Waals surface area contributed by atoms with Gasteiger partial charge in [0.1, 0.15) is 5.82 Å². The van der Waals surface area contributed by atoms with Crippen LogP contribution >= 0.6 is 0 Å². The molecule has 2 unspecified atom stereocenters. The van der Waals surface area contributed by atoms with E-state index in [1.807, 2.05) is 32.0 Å². The minimum atomic E-state index is -0.562. The molecule has 0 saturated carbocycles. The zero-order chi connectivity index (χ0) is 25.8. The molecule has 1 aliphatic heterocycles. The number of carbonyl (C=O) groups excluding carboxylic acids is 2. The Hall–Kier alpha value is -3.63. The van der Waals surface area contributed by atoms with Crippen LogP contribution < -0.4 is 5.32 Å². The summed E-state index contributed by atoms with van der Waals surface area (Å²) in [5.74, 6) is -0.294. The molecule has 10 nitrogen and oxygen atoms in total. The molecule has 0 aliphatic carbocycles. The summed E-state index contributed by atoms with van der Waals surface area (Å²) in [6.45, 7) is 11.8. The highest BCUT2D eigenvalue weighted by molar-refractivity contribution is 5.95. The highest BCUT2D eigenvalue weighted by atomic mass is 16.5. The second-order valence-corrected chi connectivity index (χ2v) is 9.31. The van der Waals surface area contributed by atoms with E-state index in [1.165, 1.54) is 4.68 Å². The van der Waals surface area contributed by atoms with Crippen LogP contribution in [0.25, 0.3) is 5.95 Å². The molecule has 36 heavy (non-hydrogen) atoms. The Morgan fingerprint density at radius 1 is 1.00 bits per heavy atom.